The number of hydrogen-bond donors (Lipinski definition) is 2. The van der Waals surface area contributed by atoms with Crippen LogP contribution in [0, 0.1) is 6.92 Å². The Morgan fingerprint density at radius 3 is 2.79 bits per heavy atom. The Morgan fingerprint density at radius 1 is 1.27 bits per heavy atom. The zero-order valence-corrected chi connectivity index (χ0v) is 20.6. The number of thiophene rings is 1. The Hall–Kier alpha value is -3.05. The van der Waals surface area contributed by atoms with Crippen LogP contribution in [0.25, 0.3) is 0 Å². The Labute approximate surface area is 200 Å². The summed E-state index contributed by atoms with van der Waals surface area (Å²) in [4.78, 5) is 24.3. The van der Waals surface area contributed by atoms with Crippen molar-refractivity contribution >= 4 is 40.0 Å². The van der Waals surface area contributed by atoms with Crippen LogP contribution in [-0.4, -0.2) is 39.1 Å². The van der Waals surface area contributed by atoms with Gasteiger partial charge in [-0.25, -0.2) is 9.47 Å². The molecule has 33 heavy (non-hydrogen) atoms. The SMILES string of the molecule is CCOC(=O)c1ccsc1NC(=O)CSc1nnc(COc2cc(C)ccc2C(C)C)n1N. The van der Waals surface area contributed by atoms with Crippen LogP contribution in [0.4, 0.5) is 5.00 Å². The van der Waals surface area contributed by atoms with E-state index in [1.165, 1.54) is 16.0 Å². The van der Waals surface area contributed by atoms with Crippen molar-refractivity contribution in [3.63, 3.8) is 0 Å². The van der Waals surface area contributed by atoms with Gasteiger partial charge in [-0.05, 0) is 48.4 Å². The number of nitrogens with two attached hydrogens (primary N) is 1. The molecule has 1 aromatic carbocycles. The van der Waals surface area contributed by atoms with Crippen molar-refractivity contribution in [1.82, 2.24) is 14.9 Å². The highest BCUT2D eigenvalue weighted by Crippen LogP contribution is 2.28. The van der Waals surface area contributed by atoms with Gasteiger partial charge in [0.05, 0.1) is 17.9 Å². The van der Waals surface area contributed by atoms with Gasteiger partial charge in [0.25, 0.3) is 0 Å². The van der Waals surface area contributed by atoms with E-state index in [2.05, 4.69) is 41.5 Å². The largest absolute Gasteiger partial charge is 0.485 e. The maximum atomic E-state index is 12.4. The van der Waals surface area contributed by atoms with Gasteiger partial charge in [-0.15, -0.1) is 21.5 Å². The molecule has 3 N–H and O–H groups in total. The third-order valence-electron chi connectivity index (χ3n) is 4.63. The van der Waals surface area contributed by atoms with Crippen LogP contribution in [0.15, 0.2) is 34.8 Å². The molecule has 0 spiro atoms. The van der Waals surface area contributed by atoms with E-state index in [-0.39, 0.29) is 24.9 Å². The van der Waals surface area contributed by atoms with Crippen LogP contribution < -0.4 is 15.9 Å². The van der Waals surface area contributed by atoms with E-state index in [0.717, 1.165) is 28.6 Å². The number of nitrogens with one attached hydrogen (secondary N) is 1. The summed E-state index contributed by atoms with van der Waals surface area (Å²) in [5.74, 6) is 6.94. The van der Waals surface area contributed by atoms with Crippen molar-refractivity contribution in [3.05, 3.63) is 52.2 Å². The molecule has 176 valence electrons. The second-order valence-corrected chi connectivity index (χ2v) is 9.33. The minimum atomic E-state index is -0.470. The van der Waals surface area contributed by atoms with Crippen LogP contribution >= 0.6 is 23.1 Å². The lowest BCUT2D eigenvalue weighted by Gasteiger charge is -2.14. The van der Waals surface area contributed by atoms with E-state index in [4.69, 9.17) is 15.3 Å². The predicted molar refractivity (Wildman–Crippen MR) is 129 cm³/mol. The molecule has 0 unspecified atom stereocenters. The highest BCUT2D eigenvalue weighted by molar-refractivity contribution is 7.99. The number of nitrogen functional groups attached to an aromatic ring is 1. The fraction of sp³-hybridized carbons (Fsp3) is 0.364. The van der Waals surface area contributed by atoms with Crippen molar-refractivity contribution in [2.75, 3.05) is 23.5 Å². The summed E-state index contributed by atoms with van der Waals surface area (Å²) in [5, 5.41) is 13.4. The fourth-order valence-corrected chi connectivity index (χ4v) is 4.43. The standard InChI is InChI=1S/C22H27N5O4S2/c1-5-30-21(29)16-8-9-32-20(16)24-19(28)12-33-22-26-25-18(27(22)23)11-31-17-10-14(4)6-7-15(17)13(2)3/h6-10,13H,5,11-12,23H2,1-4H3,(H,24,28). The monoisotopic (exact) mass is 489 g/mol. The number of nitrogens with zero attached hydrogens (tertiary/aromatic N) is 3. The van der Waals surface area contributed by atoms with Gasteiger partial charge < -0.3 is 20.6 Å². The Kier molecular flexibility index (Phi) is 8.34. The number of esters is 1. The number of hydrogen-bond acceptors (Lipinski definition) is 9. The summed E-state index contributed by atoms with van der Waals surface area (Å²) in [6.07, 6.45) is 0. The fourth-order valence-electron chi connectivity index (χ4n) is 2.96. The van der Waals surface area contributed by atoms with Crippen molar-refractivity contribution in [3.8, 4) is 5.75 Å². The first kappa shape index (κ1) is 24.6. The molecule has 0 bridgehead atoms. The maximum Gasteiger partial charge on any atom is 0.341 e. The van der Waals surface area contributed by atoms with E-state index < -0.39 is 5.97 Å². The Bertz CT molecular complexity index is 1130. The lowest BCUT2D eigenvalue weighted by Crippen LogP contribution is -2.18. The first-order valence-corrected chi connectivity index (χ1v) is 12.3. The molecule has 0 aliphatic carbocycles. The van der Waals surface area contributed by atoms with Gasteiger partial charge in [0.15, 0.2) is 5.82 Å². The molecule has 0 fully saturated rings. The molecular formula is C22H27N5O4S2. The number of carbonyl (C=O) groups is 2. The quantitative estimate of drug-likeness (QED) is 0.249. The molecule has 0 radical (unpaired) electrons. The summed E-state index contributed by atoms with van der Waals surface area (Å²) in [7, 11) is 0. The minimum Gasteiger partial charge on any atom is -0.485 e. The van der Waals surface area contributed by atoms with Crippen molar-refractivity contribution in [2.45, 2.75) is 45.4 Å². The number of anilines is 1. The van der Waals surface area contributed by atoms with E-state index >= 15 is 0 Å². The third kappa shape index (κ3) is 6.26. The second-order valence-electron chi connectivity index (χ2n) is 7.47. The van der Waals surface area contributed by atoms with Gasteiger partial charge in [-0.3, -0.25) is 4.79 Å². The average molecular weight is 490 g/mol. The number of amides is 1. The third-order valence-corrected chi connectivity index (χ3v) is 6.40. The molecule has 3 aromatic rings. The average Bonchev–Trinajstić information content (AvgIpc) is 3.37. The summed E-state index contributed by atoms with van der Waals surface area (Å²) in [6, 6.07) is 7.72. The number of benzene rings is 1. The normalized spacial score (nSPS) is 10.9. The number of thioether (sulfide) groups is 1. The number of ether oxygens (including phenoxy) is 2. The number of aromatic nitrogens is 3. The van der Waals surface area contributed by atoms with Crippen molar-refractivity contribution in [2.24, 2.45) is 0 Å². The minimum absolute atomic E-state index is 0.0474. The summed E-state index contributed by atoms with van der Waals surface area (Å²) in [5.41, 5.74) is 2.53. The highest BCUT2D eigenvalue weighted by Gasteiger charge is 2.18. The summed E-state index contributed by atoms with van der Waals surface area (Å²) >= 11 is 2.39. The Balaban J connectivity index is 1.58. The number of aryl methyl sites for hydroxylation is 1. The van der Waals surface area contributed by atoms with Gasteiger partial charge in [-0.1, -0.05) is 37.7 Å². The lowest BCUT2D eigenvalue weighted by atomic mass is 10.0. The predicted octanol–water partition coefficient (Wildman–Crippen LogP) is 3.97. The van der Waals surface area contributed by atoms with Gasteiger partial charge in [0.2, 0.25) is 11.1 Å². The van der Waals surface area contributed by atoms with Gasteiger partial charge in [0.1, 0.15) is 17.4 Å². The lowest BCUT2D eigenvalue weighted by molar-refractivity contribution is -0.113. The van der Waals surface area contributed by atoms with Gasteiger partial charge in [0, 0.05) is 0 Å². The van der Waals surface area contributed by atoms with Crippen LogP contribution in [0.3, 0.4) is 0 Å². The molecule has 2 aromatic heterocycles. The molecule has 0 saturated heterocycles. The smallest absolute Gasteiger partial charge is 0.341 e. The second kappa shape index (κ2) is 11.2. The molecular weight excluding hydrogens is 462 g/mol. The summed E-state index contributed by atoms with van der Waals surface area (Å²) in [6.45, 7) is 8.36. The molecule has 11 heteroatoms. The molecule has 0 aliphatic rings. The van der Waals surface area contributed by atoms with E-state index in [9.17, 15) is 9.59 Å². The topological polar surface area (TPSA) is 121 Å². The van der Waals surface area contributed by atoms with Crippen LogP contribution in [-0.2, 0) is 16.1 Å². The zero-order chi connectivity index (χ0) is 24.0. The summed E-state index contributed by atoms with van der Waals surface area (Å²) < 4.78 is 12.3. The van der Waals surface area contributed by atoms with Crippen LogP contribution in [0.2, 0.25) is 0 Å². The van der Waals surface area contributed by atoms with E-state index in [1.54, 1.807) is 18.4 Å². The van der Waals surface area contributed by atoms with Crippen LogP contribution in [0.5, 0.6) is 5.75 Å². The Morgan fingerprint density at radius 2 is 2.06 bits per heavy atom. The van der Waals surface area contributed by atoms with Crippen molar-refractivity contribution < 1.29 is 19.1 Å². The molecule has 3 rings (SSSR count). The molecule has 2 heterocycles. The first-order chi connectivity index (χ1) is 15.8. The first-order valence-electron chi connectivity index (χ1n) is 10.4. The van der Waals surface area contributed by atoms with Gasteiger partial charge in [-0.2, -0.15) is 0 Å². The van der Waals surface area contributed by atoms with Crippen molar-refractivity contribution in [1.29, 1.82) is 0 Å². The number of rotatable bonds is 10. The van der Waals surface area contributed by atoms with Crippen LogP contribution in [0.1, 0.15) is 54.0 Å². The van der Waals surface area contributed by atoms with Gasteiger partial charge >= 0.3 is 5.97 Å². The molecule has 1 amide bonds. The molecule has 0 saturated carbocycles. The zero-order valence-electron chi connectivity index (χ0n) is 19.0. The molecule has 0 atom stereocenters. The van der Waals surface area contributed by atoms with E-state index in [0.29, 0.717) is 27.5 Å². The maximum absolute atomic E-state index is 12.4. The molecule has 9 nitrogen and oxygen atoms in total. The number of carbonyl (C=O) groups excluding carboxylic acids is 2. The highest BCUT2D eigenvalue weighted by atomic mass is 32.2. The van der Waals surface area contributed by atoms with E-state index in [1.807, 2.05) is 13.0 Å². The molecule has 0 aliphatic heterocycles.